The van der Waals surface area contributed by atoms with Crippen LogP contribution in [0.4, 0.5) is 11.4 Å². The first-order chi connectivity index (χ1) is 13.8. The molecule has 3 aromatic rings. The van der Waals surface area contributed by atoms with Crippen LogP contribution in [0.1, 0.15) is 11.1 Å². The van der Waals surface area contributed by atoms with Crippen molar-refractivity contribution in [1.29, 1.82) is 0 Å². The van der Waals surface area contributed by atoms with E-state index in [0.717, 1.165) is 15.4 Å². The average Bonchev–Trinajstić information content (AvgIpc) is 2.69. The molecule has 0 spiro atoms. The third-order valence-electron chi connectivity index (χ3n) is 4.52. The summed E-state index contributed by atoms with van der Waals surface area (Å²) in [6, 6.07) is 20.1. The monoisotopic (exact) mass is 428 g/mol. The molecule has 3 rings (SSSR count). The number of hydrogen-bond donors (Lipinski definition) is 1. The molecule has 150 valence electrons. The van der Waals surface area contributed by atoms with Crippen molar-refractivity contribution >= 4 is 38.9 Å². The lowest BCUT2D eigenvalue weighted by Crippen LogP contribution is -2.38. The highest BCUT2D eigenvalue weighted by Crippen LogP contribution is 2.26. The van der Waals surface area contributed by atoms with Crippen molar-refractivity contribution in [2.45, 2.75) is 18.7 Å². The van der Waals surface area contributed by atoms with Crippen molar-refractivity contribution in [3.05, 3.63) is 88.9 Å². The first kappa shape index (κ1) is 20.9. The van der Waals surface area contributed by atoms with Gasteiger partial charge in [0, 0.05) is 10.7 Å². The number of carbonyl (C=O) groups excluding carboxylic acids is 1. The van der Waals surface area contributed by atoms with Crippen LogP contribution in [-0.4, -0.2) is 20.9 Å². The highest BCUT2D eigenvalue weighted by Gasteiger charge is 2.27. The van der Waals surface area contributed by atoms with Gasteiger partial charge in [-0.25, -0.2) is 8.42 Å². The van der Waals surface area contributed by atoms with Crippen LogP contribution in [0.3, 0.4) is 0 Å². The molecule has 0 saturated carbocycles. The zero-order chi connectivity index (χ0) is 21.0. The zero-order valence-electron chi connectivity index (χ0n) is 16.1. The highest BCUT2D eigenvalue weighted by molar-refractivity contribution is 7.92. The normalized spacial score (nSPS) is 11.1. The first-order valence-electron chi connectivity index (χ1n) is 8.98. The molecule has 0 aliphatic carbocycles. The molecule has 5 nitrogen and oxygen atoms in total. The Labute approximate surface area is 176 Å². The number of aryl methyl sites for hydroxylation is 2. The predicted molar refractivity (Wildman–Crippen MR) is 117 cm³/mol. The summed E-state index contributed by atoms with van der Waals surface area (Å²) in [5.74, 6) is -0.438. The van der Waals surface area contributed by atoms with Gasteiger partial charge in [-0.3, -0.25) is 9.10 Å². The molecule has 0 saturated heterocycles. The van der Waals surface area contributed by atoms with E-state index in [2.05, 4.69) is 5.32 Å². The number of nitrogens with one attached hydrogen (secondary N) is 1. The van der Waals surface area contributed by atoms with Crippen LogP contribution in [0, 0.1) is 13.8 Å². The number of sulfonamides is 1. The van der Waals surface area contributed by atoms with Crippen LogP contribution in [-0.2, 0) is 14.8 Å². The van der Waals surface area contributed by atoms with Gasteiger partial charge in [-0.05, 0) is 73.5 Å². The van der Waals surface area contributed by atoms with Gasteiger partial charge in [-0.1, -0.05) is 35.9 Å². The molecular formula is C22H21ClN2O3S. The number of hydrogen-bond acceptors (Lipinski definition) is 3. The summed E-state index contributed by atoms with van der Waals surface area (Å²) in [4.78, 5) is 12.7. The van der Waals surface area contributed by atoms with Crippen LogP contribution in [0.5, 0.6) is 0 Å². The quantitative estimate of drug-likeness (QED) is 0.613. The fourth-order valence-corrected chi connectivity index (χ4v) is 4.32. The topological polar surface area (TPSA) is 66.5 Å². The molecule has 0 unspecified atom stereocenters. The first-order valence-corrected chi connectivity index (χ1v) is 10.8. The summed E-state index contributed by atoms with van der Waals surface area (Å²) in [6.45, 7) is 3.48. The second-order valence-electron chi connectivity index (χ2n) is 6.65. The van der Waals surface area contributed by atoms with Crippen molar-refractivity contribution in [2.24, 2.45) is 0 Å². The maximum absolute atomic E-state index is 13.3. The Hall–Kier alpha value is -2.83. The number of para-hydroxylation sites is 1. The second kappa shape index (κ2) is 8.68. The minimum atomic E-state index is -3.97. The van der Waals surface area contributed by atoms with E-state index in [-0.39, 0.29) is 11.4 Å². The molecule has 3 aromatic carbocycles. The molecule has 0 radical (unpaired) electrons. The number of benzene rings is 3. The van der Waals surface area contributed by atoms with Gasteiger partial charge in [-0.2, -0.15) is 0 Å². The van der Waals surface area contributed by atoms with Crippen LogP contribution in [0.25, 0.3) is 0 Å². The Morgan fingerprint density at radius 3 is 2.21 bits per heavy atom. The van der Waals surface area contributed by atoms with E-state index >= 15 is 0 Å². The number of nitrogens with zero attached hydrogens (tertiary/aromatic N) is 1. The van der Waals surface area contributed by atoms with Gasteiger partial charge >= 0.3 is 0 Å². The molecule has 0 aliphatic rings. The predicted octanol–water partition coefficient (Wildman–Crippen LogP) is 4.79. The lowest BCUT2D eigenvalue weighted by Gasteiger charge is -2.25. The lowest BCUT2D eigenvalue weighted by molar-refractivity contribution is -0.114. The molecule has 29 heavy (non-hydrogen) atoms. The molecule has 0 aromatic heterocycles. The van der Waals surface area contributed by atoms with Crippen molar-refractivity contribution in [1.82, 2.24) is 0 Å². The maximum Gasteiger partial charge on any atom is 0.264 e. The number of halogens is 1. The van der Waals surface area contributed by atoms with E-state index in [1.54, 1.807) is 36.4 Å². The Balaban J connectivity index is 1.98. The fourth-order valence-electron chi connectivity index (χ4n) is 2.78. The third kappa shape index (κ3) is 4.96. The van der Waals surface area contributed by atoms with Crippen molar-refractivity contribution in [3.63, 3.8) is 0 Å². The summed E-state index contributed by atoms with van der Waals surface area (Å²) in [7, 11) is -3.97. The number of amides is 1. The van der Waals surface area contributed by atoms with E-state index in [0.29, 0.717) is 16.4 Å². The molecular weight excluding hydrogens is 408 g/mol. The van der Waals surface area contributed by atoms with Crippen LogP contribution >= 0.6 is 11.6 Å². The van der Waals surface area contributed by atoms with Crippen LogP contribution < -0.4 is 9.62 Å². The summed E-state index contributed by atoms with van der Waals surface area (Å²) >= 11 is 5.90. The number of rotatable bonds is 6. The Bertz CT molecular complexity index is 1110. The molecule has 0 atom stereocenters. The maximum atomic E-state index is 13.3. The van der Waals surface area contributed by atoms with Crippen molar-refractivity contribution < 1.29 is 13.2 Å². The lowest BCUT2D eigenvalue weighted by atomic mass is 10.1. The third-order valence-corrected chi connectivity index (χ3v) is 6.56. The van der Waals surface area contributed by atoms with Crippen LogP contribution in [0.15, 0.2) is 77.7 Å². The minimum absolute atomic E-state index is 0.0626. The summed E-state index contributed by atoms with van der Waals surface area (Å²) in [5, 5.41) is 3.17. The molecule has 0 aliphatic heterocycles. The van der Waals surface area contributed by atoms with Gasteiger partial charge in [0.2, 0.25) is 5.91 Å². The number of carbonyl (C=O) groups is 1. The van der Waals surface area contributed by atoms with E-state index in [1.165, 1.54) is 24.3 Å². The smallest absolute Gasteiger partial charge is 0.264 e. The Morgan fingerprint density at radius 1 is 0.931 bits per heavy atom. The van der Waals surface area contributed by atoms with Crippen LogP contribution in [0.2, 0.25) is 5.02 Å². The van der Waals surface area contributed by atoms with Crippen molar-refractivity contribution in [3.8, 4) is 0 Å². The molecule has 1 N–H and O–H groups in total. The zero-order valence-corrected chi connectivity index (χ0v) is 17.7. The highest BCUT2D eigenvalue weighted by atomic mass is 35.5. The second-order valence-corrected chi connectivity index (χ2v) is 8.95. The molecule has 0 bridgehead atoms. The summed E-state index contributed by atoms with van der Waals surface area (Å²) < 4.78 is 27.8. The van der Waals surface area contributed by atoms with E-state index in [9.17, 15) is 13.2 Å². The summed E-state index contributed by atoms with van der Waals surface area (Å²) in [6.07, 6.45) is 0. The van der Waals surface area contributed by atoms with Gasteiger partial charge in [0.05, 0.1) is 10.6 Å². The largest absolute Gasteiger partial charge is 0.325 e. The molecule has 0 heterocycles. The molecule has 1 amide bonds. The van der Waals surface area contributed by atoms with Gasteiger partial charge in [0.25, 0.3) is 10.0 Å². The molecule has 0 fully saturated rings. The van der Waals surface area contributed by atoms with E-state index < -0.39 is 15.9 Å². The van der Waals surface area contributed by atoms with Gasteiger partial charge in [0.1, 0.15) is 6.54 Å². The number of anilines is 2. The van der Waals surface area contributed by atoms with Gasteiger partial charge in [-0.15, -0.1) is 0 Å². The van der Waals surface area contributed by atoms with E-state index in [4.69, 9.17) is 11.6 Å². The Morgan fingerprint density at radius 2 is 1.59 bits per heavy atom. The minimum Gasteiger partial charge on any atom is -0.325 e. The molecule has 7 heteroatoms. The van der Waals surface area contributed by atoms with E-state index in [1.807, 2.05) is 26.0 Å². The summed E-state index contributed by atoms with van der Waals surface area (Å²) in [5.41, 5.74) is 2.99. The van der Waals surface area contributed by atoms with Crippen molar-refractivity contribution in [2.75, 3.05) is 16.2 Å². The fraction of sp³-hybridized carbons (Fsp3) is 0.136. The average molecular weight is 429 g/mol. The standard InChI is InChI=1S/C22H21ClN2O3S/c1-16-8-11-20(14-17(16)2)25(15-22(26)24-19-6-4-3-5-7-19)29(27,28)21-12-9-18(23)10-13-21/h3-14H,15H2,1-2H3,(H,24,26). The van der Waals surface area contributed by atoms with Gasteiger partial charge in [0.15, 0.2) is 0 Å². The SMILES string of the molecule is Cc1ccc(N(CC(=O)Nc2ccccc2)S(=O)(=O)c2ccc(Cl)cc2)cc1C. The van der Waals surface area contributed by atoms with Gasteiger partial charge < -0.3 is 5.32 Å². The Kier molecular flexibility index (Phi) is 6.25.